The van der Waals surface area contributed by atoms with E-state index in [-0.39, 0.29) is 13.0 Å². The zero-order chi connectivity index (χ0) is 25.0. The molecule has 1 heterocycles. The highest BCUT2D eigenvalue weighted by atomic mass is 16.2. The number of aryl methyl sites for hydroxylation is 2. The summed E-state index contributed by atoms with van der Waals surface area (Å²) in [6.45, 7) is 3.63. The number of imide groups is 1. The van der Waals surface area contributed by atoms with Crippen LogP contribution in [0.4, 0.5) is 10.5 Å². The molecule has 0 saturated carbocycles. The number of hydrogen-bond acceptors (Lipinski definition) is 4. The van der Waals surface area contributed by atoms with Gasteiger partial charge in [-0.25, -0.2) is 4.79 Å². The van der Waals surface area contributed by atoms with E-state index in [1.54, 1.807) is 48.5 Å². The van der Waals surface area contributed by atoms with Gasteiger partial charge in [0.05, 0.1) is 12.5 Å². The first kappa shape index (κ1) is 23.7. The van der Waals surface area contributed by atoms with Crippen molar-refractivity contribution < 1.29 is 14.4 Å². The van der Waals surface area contributed by atoms with Gasteiger partial charge in [-0.3, -0.25) is 14.5 Å². The molecule has 4 amide bonds. The molecule has 176 valence electrons. The van der Waals surface area contributed by atoms with Crippen LogP contribution in [0.3, 0.4) is 0 Å². The van der Waals surface area contributed by atoms with E-state index in [1.807, 2.05) is 44.2 Å². The van der Waals surface area contributed by atoms with Crippen LogP contribution in [0.15, 0.2) is 78.9 Å². The average Bonchev–Trinajstić information content (AvgIpc) is 3.13. The highest BCUT2D eigenvalue weighted by molar-refractivity contribution is 6.12. The van der Waals surface area contributed by atoms with Gasteiger partial charge in [0, 0.05) is 12.2 Å². The van der Waals surface area contributed by atoms with Gasteiger partial charge in [0.15, 0.2) is 5.54 Å². The van der Waals surface area contributed by atoms with Gasteiger partial charge in [0.25, 0.3) is 5.91 Å². The van der Waals surface area contributed by atoms with Gasteiger partial charge in [-0.2, -0.15) is 5.26 Å². The fourth-order valence-corrected chi connectivity index (χ4v) is 4.33. The first-order valence-electron chi connectivity index (χ1n) is 11.4. The lowest BCUT2D eigenvalue weighted by Crippen LogP contribution is -2.46. The van der Waals surface area contributed by atoms with E-state index in [4.69, 9.17) is 5.26 Å². The summed E-state index contributed by atoms with van der Waals surface area (Å²) in [5.41, 5.74) is 2.48. The Hall–Kier alpha value is -4.44. The zero-order valence-corrected chi connectivity index (χ0v) is 19.7. The number of urea groups is 1. The highest BCUT2D eigenvalue weighted by Crippen LogP contribution is 2.36. The van der Waals surface area contributed by atoms with E-state index < -0.39 is 29.9 Å². The summed E-state index contributed by atoms with van der Waals surface area (Å²) >= 11 is 0. The molecule has 0 aliphatic carbocycles. The molecular weight excluding hydrogens is 440 g/mol. The van der Waals surface area contributed by atoms with E-state index in [9.17, 15) is 14.4 Å². The fourth-order valence-electron chi connectivity index (χ4n) is 4.33. The zero-order valence-electron chi connectivity index (χ0n) is 19.7. The van der Waals surface area contributed by atoms with Gasteiger partial charge in [0.2, 0.25) is 5.91 Å². The molecule has 3 aromatic carbocycles. The van der Waals surface area contributed by atoms with Gasteiger partial charge in [-0.15, -0.1) is 0 Å². The standard InChI is InChI=1S/C28H26N4O3/c1-20-14-15-24(18-21(20)2)31(17-9-16-29)25(33)19-32-26(34)28(30-27(32)35,22-10-5-3-6-11-22)23-12-7-4-8-13-23/h3-8,10-15,18H,9,17,19H2,1-2H3,(H,30,35). The lowest BCUT2D eigenvalue weighted by Gasteiger charge is -2.28. The van der Waals surface area contributed by atoms with Crippen molar-refractivity contribution in [1.29, 1.82) is 5.26 Å². The van der Waals surface area contributed by atoms with Crippen molar-refractivity contribution in [2.45, 2.75) is 25.8 Å². The van der Waals surface area contributed by atoms with Crippen molar-refractivity contribution in [3.05, 3.63) is 101 Å². The molecule has 0 bridgehead atoms. The third-order valence-electron chi connectivity index (χ3n) is 6.36. The normalized spacial score (nSPS) is 14.4. The smallest absolute Gasteiger partial charge is 0.315 e. The average molecular weight is 467 g/mol. The van der Waals surface area contributed by atoms with Crippen molar-refractivity contribution in [2.75, 3.05) is 18.0 Å². The number of anilines is 1. The molecule has 1 fully saturated rings. The minimum absolute atomic E-state index is 0.122. The molecule has 1 N–H and O–H groups in total. The van der Waals surface area contributed by atoms with Crippen LogP contribution < -0.4 is 10.2 Å². The topological polar surface area (TPSA) is 93.5 Å². The van der Waals surface area contributed by atoms with E-state index >= 15 is 0 Å². The monoisotopic (exact) mass is 466 g/mol. The number of amides is 4. The molecule has 3 aromatic rings. The summed E-state index contributed by atoms with van der Waals surface area (Å²) in [4.78, 5) is 42.8. The maximum Gasteiger partial charge on any atom is 0.326 e. The van der Waals surface area contributed by atoms with E-state index in [0.29, 0.717) is 16.8 Å². The first-order chi connectivity index (χ1) is 16.9. The van der Waals surface area contributed by atoms with Crippen molar-refractivity contribution in [3.63, 3.8) is 0 Å². The minimum atomic E-state index is -1.43. The first-order valence-corrected chi connectivity index (χ1v) is 11.4. The van der Waals surface area contributed by atoms with Gasteiger partial charge >= 0.3 is 6.03 Å². The molecule has 0 spiro atoms. The summed E-state index contributed by atoms with van der Waals surface area (Å²) in [5.74, 6) is -0.961. The van der Waals surface area contributed by atoms with Crippen LogP contribution in [-0.4, -0.2) is 35.8 Å². The second-order valence-corrected chi connectivity index (χ2v) is 8.53. The molecule has 1 saturated heterocycles. The Labute approximate surface area is 204 Å². The van der Waals surface area contributed by atoms with Gasteiger partial charge in [-0.05, 0) is 48.2 Å². The summed E-state index contributed by atoms with van der Waals surface area (Å²) in [5, 5.41) is 12.0. The second kappa shape index (κ2) is 9.82. The predicted molar refractivity (Wildman–Crippen MR) is 132 cm³/mol. The van der Waals surface area contributed by atoms with E-state index in [1.165, 1.54) is 4.90 Å². The maximum atomic E-state index is 13.9. The summed E-state index contributed by atoms with van der Waals surface area (Å²) in [6.07, 6.45) is 0.122. The van der Waals surface area contributed by atoms with Crippen LogP contribution >= 0.6 is 0 Å². The number of carbonyl (C=O) groups excluding carboxylic acids is 3. The second-order valence-electron chi connectivity index (χ2n) is 8.53. The molecule has 0 atom stereocenters. The lowest BCUT2D eigenvalue weighted by molar-refractivity contribution is -0.133. The third kappa shape index (κ3) is 4.38. The molecule has 0 aromatic heterocycles. The highest BCUT2D eigenvalue weighted by Gasteiger charge is 2.54. The summed E-state index contributed by atoms with van der Waals surface area (Å²) < 4.78 is 0. The Bertz CT molecular complexity index is 1260. The van der Waals surface area contributed by atoms with Crippen molar-refractivity contribution in [1.82, 2.24) is 10.2 Å². The lowest BCUT2D eigenvalue weighted by atomic mass is 9.82. The molecule has 1 aliphatic heterocycles. The quantitative estimate of drug-likeness (QED) is 0.532. The van der Waals surface area contributed by atoms with Crippen molar-refractivity contribution in [3.8, 4) is 6.07 Å². The van der Waals surface area contributed by atoms with Crippen LogP contribution in [-0.2, 0) is 15.1 Å². The maximum absolute atomic E-state index is 13.9. The predicted octanol–water partition coefficient (Wildman–Crippen LogP) is 4.05. The summed E-state index contributed by atoms with van der Waals surface area (Å²) in [6, 6.07) is 25.0. The van der Waals surface area contributed by atoms with Crippen LogP contribution in [0.5, 0.6) is 0 Å². The van der Waals surface area contributed by atoms with E-state index in [0.717, 1.165) is 16.0 Å². The summed E-state index contributed by atoms with van der Waals surface area (Å²) in [7, 11) is 0. The Balaban J connectivity index is 1.69. The number of nitrogens with zero attached hydrogens (tertiary/aromatic N) is 3. The number of benzene rings is 3. The van der Waals surface area contributed by atoms with Crippen molar-refractivity contribution in [2.24, 2.45) is 0 Å². The number of hydrogen-bond donors (Lipinski definition) is 1. The molecule has 1 aliphatic rings. The molecular formula is C28H26N4O3. The van der Waals surface area contributed by atoms with Crippen LogP contribution in [0.2, 0.25) is 0 Å². The fraction of sp³-hybridized carbons (Fsp3) is 0.214. The molecule has 7 nitrogen and oxygen atoms in total. The third-order valence-corrected chi connectivity index (χ3v) is 6.36. The van der Waals surface area contributed by atoms with E-state index in [2.05, 4.69) is 11.4 Å². The SMILES string of the molecule is Cc1ccc(N(CCC#N)C(=O)CN2C(=O)NC(c3ccccc3)(c3ccccc3)C2=O)cc1C. The Morgan fingerprint density at radius 2 is 1.54 bits per heavy atom. The minimum Gasteiger partial charge on any atom is -0.315 e. The molecule has 0 radical (unpaired) electrons. The Kier molecular flexibility index (Phi) is 6.65. The Morgan fingerprint density at radius 3 is 2.09 bits per heavy atom. The van der Waals surface area contributed by atoms with Gasteiger partial charge in [0.1, 0.15) is 6.54 Å². The number of nitriles is 1. The van der Waals surface area contributed by atoms with Crippen LogP contribution in [0.1, 0.15) is 28.7 Å². The Morgan fingerprint density at radius 1 is 0.943 bits per heavy atom. The molecule has 0 unspecified atom stereocenters. The van der Waals surface area contributed by atoms with Gasteiger partial charge < -0.3 is 10.2 Å². The molecule has 35 heavy (non-hydrogen) atoms. The van der Waals surface area contributed by atoms with Crippen molar-refractivity contribution >= 4 is 23.5 Å². The van der Waals surface area contributed by atoms with Gasteiger partial charge in [-0.1, -0.05) is 66.7 Å². The largest absolute Gasteiger partial charge is 0.326 e. The molecule has 7 heteroatoms. The number of nitrogens with one attached hydrogen (secondary N) is 1. The van der Waals surface area contributed by atoms with Crippen LogP contribution in [0.25, 0.3) is 0 Å². The number of rotatable bonds is 7. The molecule has 4 rings (SSSR count). The van der Waals surface area contributed by atoms with Crippen LogP contribution in [0, 0.1) is 25.2 Å². The number of carbonyl (C=O) groups is 3.